The van der Waals surface area contributed by atoms with Gasteiger partial charge in [-0.15, -0.1) is 0 Å². The number of pyridine rings is 1. The molecule has 0 bridgehead atoms. The fraction of sp³-hybridized carbons (Fsp3) is 0.438. The molecule has 0 saturated carbocycles. The lowest BCUT2D eigenvalue weighted by Gasteiger charge is -2.06. The van der Waals surface area contributed by atoms with Crippen LogP contribution in [0.3, 0.4) is 0 Å². The number of hydrogen-bond donors (Lipinski definition) is 1. The summed E-state index contributed by atoms with van der Waals surface area (Å²) in [5.74, 6) is 0.712. The number of nitrogens with zero attached hydrogens (tertiary/aromatic N) is 3. The maximum Gasteiger partial charge on any atom is 0.246 e. The van der Waals surface area contributed by atoms with Crippen molar-refractivity contribution >= 4 is 5.91 Å². The van der Waals surface area contributed by atoms with Crippen molar-refractivity contribution < 1.29 is 9.53 Å². The molecule has 0 atom stereocenters. The number of aryl methyl sites for hydroxylation is 1. The molecule has 0 radical (unpaired) electrons. The van der Waals surface area contributed by atoms with Gasteiger partial charge in [0.1, 0.15) is 6.61 Å². The Labute approximate surface area is 130 Å². The normalized spacial score (nSPS) is 10.7. The van der Waals surface area contributed by atoms with Crippen LogP contribution >= 0.6 is 0 Å². The first-order valence-corrected chi connectivity index (χ1v) is 7.44. The first-order valence-electron chi connectivity index (χ1n) is 7.44. The van der Waals surface area contributed by atoms with Gasteiger partial charge in [-0.1, -0.05) is 6.07 Å². The predicted molar refractivity (Wildman–Crippen MR) is 84.0 cm³/mol. The SMILES string of the molecule is CCOCC(=O)NCCc1c(C)nn(-c2ccccn2)c1C. The average molecular weight is 302 g/mol. The Morgan fingerprint density at radius 2 is 2.18 bits per heavy atom. The van der Waals surface area contributed by atoms with E-state index >= 15 is 0 Å². The summed E-state index contributed by atoms with van der Waals surface area (Å²) in [4.78, 5) is 15.8. The largest absolute Gasteiger partial charge is 0.372 e. The highest BCUT2D eigenvalue weighted by atomic mass is 16.5. The monoisotopic (exact) mass is 302 g/mol. The number of rotatable bonds is 7. The van der Waals surface area contributed by atoms with Crippen molar-refractivity contribution in [2.75, 3.05) is 19.8 Å². The van der Waals surface area contributed by atoms with E-state index in [0.29, 0.717) is 13.2 Å². The second kappa shape index (κ2) is 7.70. The minimum Gasteiger partial charge on any atom is -0.372 e. The molecule has 1 amide bonds. The van der Waals surface area contributed by atoms with Crippen LogP contribution in [-0.2, 0) is 16.0 Å². The van der Waals surface area contributed by atoms with E-state index in [2.05, 4.69) is 15.4 Å². The summed E-state index contributed by atoms with van der Waals surface area (Å²) < 4.78 is 6.91. The molecule has 0 aliphatic carbocycles. The van der Waals surface area contributed by atoms with E-state index < -0.39 is 0 Å². The molecule has 22 heavy (non-hydrogen) atoms. The van der Waals surface area contributed by atoms with Crippen LogP contribution in [-0.4, -0.2) is 40.4 Å². The quantitative estimate of drug-likeness (QED) is 0.843. The molecule has 118 valence electrons. The number of amides is 1. The Kier molecular flexibility index (Phi) is 5.66. The number of nitrogens with one attached hydrogen (secondary N) is 1. The minimum atomic E-state index is -0.0886. The van der Waals surface area contributed by atoms with Crippen molar-refractivity contribution in [3.05, 3.63) is 41.3 Å². The smallest absolute Gasteiger partial charge is 0.246 e. The zero-order valence-corrected chi connectivity index (χ0v) is 13.3. The van der Waals surface area contributed by atoms with E-state index in [-0.39, 0.29) is 12.5 Å². The Morgan fingerprint density at radius 1 is 1.36 bits per heavy atom. The van der Waals surface area contributed by atoms with E-state index in [1.165, 1.54) is 0 Å². The van der Waals surface area contributed by atoms with Gasteiger partial charge in [-0.25, -0.2) is 9.67 Å². The average Bonchev–Trinajstić information content (AvgIpc) is 2.81. The molecule has 2 rings (SSSR count). The van der Waals surface area contributed by atoms with Crippen molar-refractivity contribution in [2.24, 2.45) is 0 Å². The molecule has 0 saturated heterocycles. The van der Waals surface area contributed by atoms with Crippen LogP contribution in [0.1, 0.15) is 23.9 Å². The zero-order chi connectivity index (χ0) is 15.9. The van der Waals surface area contributed by atoms with E-state index in [4.69, 9.17) is 4.74 Å². The summed E-state index contributed by atoms with van der Waals surface area (Å²) in [7, 11) is 0. The van der Waals surface area contributed by atoms with Crippen LogP contribution in [0.5, 0.6) is 0 Å². The molecule has 0 aromatic carbocycles. The van der Waals surface area contributed by atoms with E-state index in [0.717, 1.165) is 29.2 Å². The lowest BCUT2D eigenvalue weighted by molar-refractivity contribution is -0.125. The number of hydrogen-bond acceptors (Lipinski definition) is 4. The van der Waals surface area contributed by atoms with Gasteiger partial charge in [0.05, 0.1) is 5.69 Å². The highest BCUT2D eigenvalue weighted by Crippen LogP contribution is 2.16. The van der Waals surface area contributed by atoms with Crippen LogP contribution in [0.2, 0.25) is 0 Å². The summed E-state index contributed by atoms with van der Waals surface area (Å²) >= 11 is 0. The zero-order valence-electron chi connectivity index (χ0n) is 13.3. The summed E-state index contributed by atoms with van der Waals surface area (Å²) in [6, 6.07) is 5.74. The molecule has 2 heterocycles. The maximum absolute atomic E-state index is 11.5. The molecule has 2 aromatic heterocycles. The second-order valence-corrected chi connectivity index (χ2v) is 4.99. The van der Waals surface area contributed by atoms with Gasteiger partial charge < -0.3 is 10.1 Å². The standard InChI is InChI=1S/C16H22N4O2/c1-4-22-11-16(21)18-10-8-14-12(2)19-20(13(14)3)15-7-5-6-9-17-15/h5-7,9H,4,8,10-11H2,1-3H3,(H,18,21). The topological polar surface area (TPSA) is 69.0 Å². The highest BCUT2D eigenvalue weighted by molar-refractivity contribution is 5.77. The molecule has 0 unspecified atom stereocenters. The summed E-state index contributed by atoms with van der Waals surface area (Å²) in [6.45, 7) is 7.09. The Bertz CT molecular complexity index is 623. The molecule has 6 nitrogen and oxygen atoms in total. The fourth-order valence-corrected chi connectivity index (χ4v) is 2.31. The maximum atomic E-state index is 11.5. The first-order chi connectivity index (χ1) is 10.6. The summed E-state index contributed by atoms with van der Waals surface area (Å²) in [6.07, 6.45) is 2.49. The molecular formula is C16H22N4O2. The van der Waals surface area contributed by atoms with E-state index in [9.17, 15) is 4.79 Å². The van der Waals surface area contributed by atoms with Crippen molar-refractivity contribution in [2.45, 2.75) is 27.2 Å². The van der Waals surface area contributed by atoms with Crippen molar-refractivity contribution in [3.63, 3.8) is 0 Å². The Balaban J connectivity index is 2.01. The van der Waals surface area contributed by atoms with E-state index in [1.807, 2.05) is 43.7 Å². The molecule has 0 fully saturated rings. The van der Waals surface area contributed by atoms with Gasteiger partial charge in [0, 0.05) is 25.0 Å². The van der Waals surface area contributed by atoms with Crippen LogP contribution in [0, 0.1) is 13.8 Å². The Morgan fingerprint density at radius 3 is 2.86 bits per heavy atom. The van der Waals surface area contributed by atoms with Gasteiger partial charge in [-0.05, 0) is 44.9 Å². The minimum absolute atomic E-state index is 0.0886. The lowest BCUT2D eigenvalue weighted by atomic mass is 10.1. The number of aromatic nitrogens is 3. The molecule has 2 aromatic rings. The molecule has 6 heteroatoms. The van der Waals surface area contributed by atoms with Crippen molar-refractivity contribution in [1.82, 2.24) is 20.1 Å². The van der Waals surface area contributed by atoms with Crippen LogP contribution in [0.25, 0.3) is 5.82 Å². The molecular weight excluding hydrogens is 280 g/mol. The third-order valence-corrected chi connectivity index (χ3v) is 3.44. The predicted octanol–water partition coefficient (Wildman–Crippen LogP) is 1.58. The van der Waals surface area contributed by atoms with Crippen LogP contribution < -0.4 is 5.32 Å². The van der Waals surface area contributed by atoms with Gasteiger partial charge in [-0.2, -0.15) is 5.10 Å². The number of carbonyl (C=O) groups is 1. The molecule has 1 N–H and O–H groups in total. The fourth-order valence-electron chi connectivity index (χ4n) is 2.31. The Hall–Kier alpha value is -2.21. The van der Waals surface area contributed by atoms with Gasteiger partial charge in [0.25, 0.3) is 0 Å². The summed E-state index contributed by atoms with van der Waals surface area (Å²) in [5, 5.41) is 7.40. The molecule has 0 aliphatic heterocycles. The third kappa shape index (κ3) is 3.92. The molecule has 0 spiro atoms. The van der Waals surface area contributed by atoms with Gasteiger partial charge in [0.2, 0.25) is 5.91 Å². The van der Waals surface area contributed by atoms with Gasteiger partial charge in [0.15, 0.2) is 5.82 Å². The van der Waals surface area contributed by atoms with E-state index in [1.54, 1.807) is 6.20 Å². The third-order valence-electron chi connectivity index (χ3n) is 3.44. The second-order valence-electron chi connectivity index (χ2n) is 4.99. The number of ether oxygens (including phenoxy) is 1. The summed E-state index contributed by atoms with van der Waals surface area (Å²) in [5.41, 5.74) is 3.15. The molecule has 0 aliphatic rings. The highest BCUT2D eigenvalue weighted by Gasteiger charge is 2.13. The van der Waals surface area contributed by atoms with Crippen molar-refractivity contribution in [1.29, 1.82) is 0 Å². The van der Waals surface area contributed by atoms with Crippen LogP contribution in [0.15, 0.2) is 24.4 Å². The van der Waals surface area contributed by atoms with Crippen LogP contribution in [0.4, 0.5) is 0 Å². The van der Waals surface area contributed by atoms with Crippen molar-refractivity contribution in [3.8, 4) is 5.82 Å². The van der Waals surface area contributed by atoms with Gasteiger partial charge >= 0.3 is 0 Å². The van der Waals surface area contributed by atoms with Gasteiger partial charge in [-0.3, -0.25) is 4.79 Å². The number of carbonyl (C=O) groups excluding carboxylic acids is 1. The first kappa shape index (κ1) is 16.2. The lowest BCUT2D eigenvalue weighted by Crippen LogP contribution is -2.29.